The largest absolute Gasteiger partial charge is 0.392 e. The summed E-state index contributed by atoms with van der Waals surface area (Å²) in [4.78, 5) is 16.1. The van der Waals surface area contributed by atoms with E-state index in [1.54, 1.807) is 18.5 Å². The second-order valence-corrected chi connectivity index (χ2v) is 4.38. The Hall–Kier alpha value is -2.28. The zero-order valence-corrected chi connectivity index (χ0v) is 11.4. The number of aliphatic hydroxyl groups is 1. The average molecular weight is 275 g/mol. The summed E-state index contributed by atoms with van der Waals surface area (Å²) in [6.45, 7) is 4.43. The van der Waals surface area contributed by atoms with Gasteiger partial charge in [0.1, 0.15) is 12.0 Å². The number of aromatic nitrogens is 4. The minimum absolute atomic E-state index is 0.123. The Kier molecular flexibility index (Phi) is 4.41. The lowest BCUT2D eigenvalue weighted by Gasteiger charge is -2.13. The van der Waals surface area contributed by atoms with Crippen molar-refractivity contribution < 1.29 is 9.90 Å². The van der Waals surface area contributed by atoms with Crippen molar-refractivity contribution in [2.24, 2.45) is 0 Å². The van der Waals surface area contributed by atoms with Crippen LogP contribution in [0.2, 0.25) is 0 Å². The van der Waals surface area contributed by atoms with Gasteiger partial charge in [-0.1, -0.05) is 0 Å². The number of aryl methyl sites for hydroxylation is 1. The van der Waals surface area contributed by atoms with Crippen molar-refractivity contribution in [3.05, 3.63) is 41.7 Å². The first-order chi connectivity index (χ1) is 9.65. The van der Waals surface area contributed by atoms with E-state index in [4.69, 9.17) is 5.11 Å². The molecule has 2 heterocycles. The maximum Gasteiger partial charge on any atom is 0.270 e. The van der Waals surface area contributed by atoms with Gasteiger partial charge >= 0.3 is 0 Å². The third-order valence-corrected chi connectivity index (χ3v) is 2.96. The summed E-state index contributed by atoms with van der Waals surface area (Å²) in [7, 11) is 0. The van der Waals surface area contributed by atoms with Gasteiger partial charge < -0.3 is 15.0 Å². The van der Waals surface area contributed by atoms with Gasteiger partial charge in [0.2, 0.25) is 0 Å². The van der Waals surface area contributed by atoms with Gasteiger partial charge in [-0.2, -0.15) is 0 Å². The molecule has 7 nitrogen and oxygen atoms in total. The third kappa shape index (κ3) is 3.00. The molecule has 0 spiro atoms. The molecule has 0 aliphatic heterocycles. The molecule has 1 atom stereocenters. The van der Waals surface area contributed by atoms with Gasteiger partial charge in [-0.3, -0.25) is 9.78 Å². The molecule has 7 heteroatoms. The minimum Gasteiger partial charge on any atom is -0.392 e. The third-order valence-electron chi connectivity index (χ3n) is 2.96. The number of amides is 1. The average Bonchev–Trinajstić information content (AvgIpc) is 2.95. The molecule has 0 aromatic carbocycles. The smallest absolute Gasteiger partial charge is 0.270 e. The van der Waals surface area contributed by atoms with Gasteiger partial charge in [0.05, 0.1) is 12.6 Å². The number of nitrogens with zero attached hydrogens (tertiary/aromatic N) is 4. The summed E-state index contributed by atoms with van der Waals surface area (Å²) in [5, 5.41) is 19.7. The second-order valence-electron chi connectivity index (χ2n) is 4.38. The lowest BCUT2D eigenvalue weighted by Crippen LogP contribution is -2.29. The Bertz CT molecular complexity index is 596. The number of nitrogens with one attached hydrogen (secondary N) is 1. The molecule has 2 aromatic heterocycles. The summed E-state index contributed by atoms with van der Waals surface area (Å²) in [6.07, 6.45) is 3.13. The number of pyridine rings is 1. The predicted octanol–water partition coefficient (Wildman–Crippen LogP) is 0.676. The molecule has 0 unspecified atom stereocenters. The van der Waals surface area contributed by atoms with E-state index in [2.05, 4.69) is 20.5 Å². The van der Waals surface area contributed by atoms with Crippen LogP contribution in [0.15, 0.2) is 24.7 Å². The standard InChI is InChI=1S/C13H17N5O2/c1-3-18-8-15-17-12(18)9(2)16-13(20)11-6-10(7-19)4-5-14-11/h4-6,8-9,19H,3,7H2,1-2H3,(H,16,20)/t9-/m1/s1. The summed E-state index contributed by atoms with van der Waals surface area (Å²) in [6, 6.07) is 2.95. The first-order valence-electron chi connectivity index (χ1n) is 6.40. The van der Waals surface area contributed by atoms with E-state index in [-0.39, 0.29) is 24.2 Å². The summed E-state index contributed by atoms with van der Waals surface area (Å²) in [5.41, 5.74) is 0.917. The van der Waals surface area contributed by atoms with Crippen molar-refractivity contribution in [3.63, 3.8) is 0 Å². The molecule has 1 amide bonds. The van der Waals surface area contributed by atoms with E-state index in [0.717, 1.165) is 6.54 Å². The lowest BCUT2D eigenvalue weighted by molar-refractivity contribution is 0.0932. The van der Waals surface area contributed by atoms with Crippen molar-refractivity contribution in [1.82, 2.24) is 25.1 Å². The molecule has 2 rings (SSSR count). The van der Waals surface area contributed by atoms with Gasteiger partial charge in [-0.25, -0.2) is 0 Å². The highest BCUT2D eigenvalue weighted by atomic mass is 16.3. The molecule has 2 N–H and O–H groups in total. The number of hydrogen-bond acceptors (Lipinski definition) is 5. The molecule has 0 saturated heterocycles. The molecule has 0 fully saturated rings. The number of carbonyl (C=O) groups excluding carboxylic acids is 1. The summed E-state index contributed by atoms with van der Waals surface area (Å²) in [5.74, 6) is 0.387. The number of rotatable bonds is 5. The highest BCUT2D eigenvalue weighted by Crippen LogP contribution is 2.10. The van der Waals surface area contributed by atoms with Gasteiger partial charge in [0.25, 0.3) is 5.91 Å². The van der Waals surface area contributed by atoms with Crippen LogP contribution in [-0.4, -0.2) is 30.8 Å². The molecule has 0 saturated carbocycles. The van der Waals surface area contributed by atoms with Gasteiger partial charge in [-0.05, 0) is 31.5 Å². The van der Waals surface area contributed by atoms with Crippen LogP contribution >= 0.6 is 0 Å². The van der Waals surface area contributed by atoms with Crippen LogP contribution in [0.25, 0.3) is 0 Å². The quantitative estimate of drug-likeness (QED) is 0.837. The fourth-order valence-electron chi connectivity index (χ4n) is 1.87. The van der Waals surface area contributed by atoms with Crippen molar-refractivity contribution in [1.29, 1.82) is 0 Å². The highest BCUT2D eigenvalue weighted by Gasteiger charge is 2.17. The first-order valence-corrected chi connectivity index (χ1v) is 6.40. The highest BCUT2D eigenvalue weighted by molar-refractivity contribution is 5.92. The second kappa shape index (κ2) is 6.25. The van der Waals surface area contributed by atoms with Crippen LogP contribution in [0.4, 0.5) is 0 Å². The normalized spacial score (nSPS) is 12.2. The Morgan fingerprint density at radius 3 is 3.05 bits per heavy atom. The van der Waals surface area contributed by atoms with E-state index in [0.29, 0.717) is 11.4 Å². The predicted molar refractivity (Wildman–Crippen MR) is 71.7 cm³/mol. The number of carbonyl (C=O) groups is 1. The molecule has 106 valence electrons. The summed E-state index contributed by atoms with van der Waals surface area (Å²) >= 11 is 0. The van der Waals surface area contributed by atoms with Crippen molar-refractivity contribution in [3.8, 4) is 0 Å². The number of hydrogen-bond donors (Lipinski definition) is 2. The fraction of sp³-hybridized carbons (Fsp3) is 0.385. The van der Waals surface area contributed by atoms with Gasteiger partial charge in [0, 0.05) is 12.7 Å². The van der Waals surface area contributed by atoms with Crippen molar-refractivity contribution in [2.75, 3.05) is 0 Å². The van der Waals surface area contributed by atoms with Crippen molar-refractivity contribution in [2.45, 2.75) is 33.0 Å². The zero-order chi connectivity index (χ0) is 14.5. The van der Waals surface area contributed by atoms with E-state index >= 15 is 0 Å². The maximum atomic E-state index is 12.1. The molecular formula is C13H17N5O2. The Morgan fingerprint density at radius 2 is 2.35 bits per heavy atom. The molecular weight excluding hydrogens is 258 g/mol. The lowest BCUT2D eigenvalue weighted by atomic mass is 10.2. The van der Waals surface area contributed by atoms with Crippen LogP contribution in [-0.2, 0) is 13.2 Å². The van der Waals surface area contributed by atoms with Gasteiger partial charge in [-0.15, -0.1) is 10.2 Å². The van der Waals surface area contributed by atoms with Crippen LogP contribution in [0, 0.1) is 0 Å². The summed E-state index contributed by atoms with van der Waals surface area (Å²) < 4.78 is 1.86. The van der Waals surface area contributed by atoms with E-state index in [1.165, 1.54) is 6.20 Å². The van der Waals surface area contributed by atoms with Gasteiger partial charge in [0.15, 0.2) is 5.82 Å². The van der Waals surface area contributed by atoms with Crippen LogP contribution in [0.3, 0.4) is 0 Å². The molecule has 0 aliphatic rings. The number of aliphatic hydroxyl groups excluding tert-OH is 1. The van der Waals surface area contributed by atoms with E-state index < -0.39 is 0 Å². The van der Waals surface area contributed by atoms with E-state index in [9.17, 15) is 4.79 Å². The van der Waals surface area contributed by atoms with E-state index in [1.807, 2.05) is 18.4 Å². The molecule has 2 aromatic rings. The van der Waals surface area contributed by atoms with Crippen LogP contribution in [0.5, 0.6) is 0 Å². The maximum absolute atomic E-state index is 12.1. The topological polar surface area (TPSA) is 92.9 Å². The minimum atomic E-state index is -0.307. The first kappa shape index (κ1) is 14.1. The Labute approximate surface area is 116 Å². The molecule has 0 aliphatic carbocycles. The SMILES string of the molecule is CCn1cnnc1[C@@H](C)NC(=O)c1cc(CO)ccn1. The van der Waals surface area contributed by atoms with Crippen molar-refractivity contribution >= 4 is 5.91 Å². The molecule has 20 heavy (non-hydrogen) atoms. The molecule has 0 bridgehead atoms. The van der Waals surface area contributed by atoms with Crippen LogP contribution in [0.1, 0.15) is 41.8 Å². The zero-order valence-electron chi connectivity index (χ0n) is 11.4. The van der Waals surface area contributed by atoms with Crippen LogP contribution < -0.4 is 5.32 Å². The Morgan fingerprint density at radius 1 is 1.55 bits per heavy atom. The fourth-order valence-corrected chi connectivity index (χ4v) is 1.87. The monoisotopic (exact) mass is 275 g/mol. The Balaban J connectivity index is 2.11. The molecule has 0 radical (unpaired) electrons.